The van der Waals surface area contributed by atoms with Gasteiger partial charge in [0.15, 0.2) is 0 Å². The van der Waals surface area contributed by atoms with Gasteiger partial charge in [0.25, 0.3) is 0 Å². The first-order valence-electron chi connectivity index (χ1n) is 15.8. The van der Waals surface area contributed by atoms with Crippen LogP contribution in [0.5, 0.6) is 0 Å². The van der Waals surface area contributed by atoms with Crippen LogP contribution in [0, 0.1) is 32.9 Å². The average molecular weight is 796 g/mol. The molecule has 0 N–H and O–H groups in total. The van der Waals surface area contributed by atoms with Gasteiger partial charge >= 0.3 is 0 Å². The molecule has 0 fully saturated rings. The first-order chi connectivity index (χ1) is 23.1. The topological polar surface area (TPSA) is 43.3 Å². The van der Waals surface area contributed by atoms with Gasteiger partial charge in [-0.25, -0.2) is 0 Å². The number of benzene rings is 5. The van der Waals surface area contributed by atoms with E-state index in [1.54, 1.807) is 0 Å². The van der Waals surface area contributed by atoms with Crippen LogP contribution in [0.1, 0.15) is 16.7 Å². The van der Waals surface area contributed by atoms with Gasteiger partial charge in [-0.2, -0.15) is 0 Å². The summed E-state index contributed by atoms with van der Waals surface area (Å²) in [6.07, 6.45) is 3.80. The van der Waals surface area contributed by atoms with Crippen molar-refractivity contribution >= 4 is 60.0 Å². The quantitative estimate of drug-likeness (QED) is 0.164. The third-order valence-electron chi connectivity index (χ3n) is 9.31. The number of fused-ring (bicyclic) bond motifs is 10. The van der Waals surface area contributed by atoms with E-state index in [9.17, 15) is 0 Å². The van der Waals surface area contributed by atoms with Crippen LogP contribution in [0.25, 0.3) is 82.5 Å². The molecule has 10 rings (SSSR count). The molecule has 0 atom stereocenters. The van der Waals surface area contributed by atoms with Crippen LogP contribution in [0.2, 0.25) is 0 Å². The molecular weight excluding hydrogens is 767 g/mol. The standard InChI is InChI=1S/C31H19N2O.C12H10N.Ir/c1-17-15-24(32-16-18(17)2)21-9-6-11-23-29-27(34-31(21)23)14-13-26-28(29)22-10-5-8-20-19-7-3-4-12-25(19)33(26)30(20)22;1-10-7-8-12(13-9-10)11-5-3-2-4-6-11;/h3-8,10-16H,1-2H3;2-5,7-9H,1H3;/q2*-1;. The first kappa shape index (κ1) is 30.0. The van der Waals surface area contributed by atoms with Gasteiger partial charge in [0, 0.05) is 59.4 Å². The Morgan fingerprint density at radius 2 is 1.42 bits per heavy atom. The van der Waals surface area contributed by atoms with Gasteiger partial charge in [0.05, 0.1) is 22.1 Å². The van der Waals surface area contributed by atoms with Crippen LogP contribution in [0.3, 0.4) is 0 Å². The Labute approximate surface area is 291 Å². The van der Waals surface area contributed by atoms with Crippen LogP contribution in [0.4, 0.5) is 0 Å². The Hall–Kier alpha value is -5.35. The minimum Gasteiger partial charge on any atom is -0.501 e. The molecule has 1 radical (unpaired) electrons. The molecule has 0 spiro atoms. The maximum atomic E-state index is 6.51. The van der Waals surface area contributed by atoms with Crippen molar-refractivity contribution in [3.05, 3.63) is 150 Å². The normalized spacial score (nSPS) is 11.5. The monoisotopic (exact) mass is 796 g/mol. The zero-order valence-electron chi connectivity index (χ0n) is 26.6. The van der Waals surface area contributed by atoms with Crippen molar-refractivity contribution in [3.8, 4) is 22.5 Å². The number of rotatable bonds is 2. The summed E-state index contributed by atoms with van der Waals surface area (Å²) in [5.74, 6) is 0. The summed E-state index contributed by atoms with van der Waals surface area (Å²) < 4.78 is 8.92. The van der Waals surface area contributed by atoms with Gasteiger partial charge in [-0.3, -0.25) is 0 Å². The SMILES string of the molecule is Cc1ccc(-c2[c-]cccc2)nc1.Cc1cnc(-c2[c-]ccc3c2oc2ccc4c(c5cccc6c7ccccc7n4c65)c23)cc1C.[Ir]. The number of hydrogen-bond acceptors (Lipinski definition) is 3. The second-order valence-corrected chi connectivity index (χ2v) is 12.2. The van der Waals surface area contributed by atoms with E-state index >= 15 is 0 Å². The molecule has 0 saturated carbocycles. The van der Waals surface area contributed by atoms with E-state index in [1.807, 2.05) is 55.7 Å². The summed E-state index contributed by atoms with van der Waals surface area (Å²) in [6, 6.07) is 44.3. The van der Waals surface area contributed by atoms with Gasteiger partial charge in [-0.15, -0.1) is 54.1 Å². The predicted molar refractivity (Wildman–Crippen MR) is 193 cm³/mol. The Kier molecular flexibility index (Phi) is 7.32. The van der Waals surface area contributed by atoms with E-state index in [-0.39, 0.29) is 20.1 Å². The summed E-state index contributed by atoms with van der Waals surface area (Å²) in [5.41, 5.74) is 12.9. The Balaban J connectivity index is 0.000000203. The molecule has 10 aromatic rings. The Morgan fingerprint density at radius 3 is 2.23 bits per heavy atom. The zero-order chi connectivity index (χ0) is 31.6. The molecule has 0 aliphatic carbocycles. The second kappa shape index (κ2) is 11.7. The molecule has 5 aromatic carbocycles. The maximum absolute atomic E-state index is 6.51. The second-order valence-electron chi connectivity index (χ2n) is 12.2. The van der Waals surface area contributed by atoms with Gasteiger partial charge in [0.1, 0.15) is 5.58 Å². The van der Waals surface area contributed by atoms with E-state index in [2.05, 4.69) is 108 Å². The van der Waals surface area contributed by atoms with Crippen LogP contribution in [-0.4, -0.2) is 14.4 Å². The average Bonchev–Trinajstić information content (AvgIpc) is 3.77. The van der Waals surface area contributed by atoms with Crippen molar-refractivity contribution in [1.29, 1.82) is 0 Å². The molecule has 5 heterocycles. The summed E-state index contributed by atoms with van der Waals surface area (Å²) in [4.78, 5) is 9.01. The molecule has 0 aliphatic rings. The molecule has 0 amide bonds. The predicted octanol–water partition coefficient (Wildman–Crippen LogP) is 11.1. The van der Waals surface area contributed by atoms with E-state index in [0.29, 0.717) is 0 Å². The van der Waals surface area contributed by atoms with Gasteiger partial charge in [0.2, 0.25) is 0 Å². The van der Waals surface area contributed by atoms with E-state index in [0.717, 1.165) is 44.5 Å². The van der Waals surface area contributed by atoms with Crippen molar-refractivity contribution in [3.63, 3.8) is 0 Å². The van der Waals surface area contributed by atoms with Crippen LogP contribution < -0.4 is 0 Å². The molecular formula is C43H29IrN3O-2. The summed E-state index contributed by atoms with van der Waals surface area (Å²) in [7, 11) is 0. The van der Waals surface area contributed by atoms with Gasteiger partial charge < -0.3 is 18.8 Å². The fourth-order valence-corrected chi connectivity index (χ4v) is 6.88. The van der Waals surface area contributed by atoms with Gasteiger partial charge in [-0.05, 0) is 61.5 Å². The fourth-order valence-electron chi connectivity index (χ4n) is 6.88. The molecule has 0 saturated heterocycles. The van der Waals surface area contributed by atoms with Crippen LogP contribution >= 0.6 is 0 Å². The minimum atomic E-state index is 0. The van der Waals surface area contributed by atoms with Crippen molar-refractivity contribution in [2.24, 2.45) is 0 Å². The zero-order valence-corrected chi connectivity index (χ0v) is 29.0. The van der Waals surface area contributed by atoms with E-state index < -0.39 is 0 Å². The van der Waals surface area contributed by atoms with Crippen molar-refractivity contribution in [1.82, 2.24) is 14.4 Å². The van der Waals surface area contributed by atoms with Crippen molar-refractivity contribution in [2.75, 3.05) is 0 Å². The van der Waals surface area contributed by atoms with E-state index in [1.165, 1.54) is 54.8 Å². The number of aryl methyl sites for hydroxylation is 3. The van der Waals surface area contributed by atoms with Crippen LogP contribution in [0.15, 0.2) is 126 Å². The minimum absolute atomic E-state index is 0. The fraction of sp³-hybridized carbons (Fsp3) is 0.0698. The van der Waals surface area contributed by atoms with E-state index in [4.69, 9.17) is 9.40 Å². The molecule has 233 valence electrons. The largest absolute Gasteiger partial charge is 0.501 e. The number of furan rings is 1. The number of pyridine rings is 2. The summed E-state index contributed by atoms with van der Waals surface area (Å²) >= 11 is 0. The molecule has 0 aliphatic heterocycles. The molecule has 5 aromatic heterocycles. The first-order valence-corrected chi connectivity index (χ1v) is 15.8. The number of para-hydroxylation sites is 2. The number of nitrogens with zero attached hydrogens (tertiary/aromatic N) is 3. The third kappa shape index (κ3) is 4.62. The summed E-state index contributed by atoms with van der Waals surface area (Å²) in [6.45, 7) is 6.23. The molecule has 0 bridgehead atoms. The van der Waals surface area contributed by atoms with Crippen molar-refractivity contribution in [2.45, 2.75) is 20.8 Å². The van der Waals surface area contributed by atoms with Crippen LogP contribution in [-0.2, 0) is 20.1 Å². The summed E-state index contributed by atoms with van der Waals surface area (Å²) in [5, 5.41) is 7.35. The molecule has 4 nitrogen and oxygen atoms in total. The number of hydrogen-bond donors (Lipinski definition) is 0. The van der Waals surface area contributed by atoms with Crippen molar-refractivity contribution < 1.29 is 24.5 Å². The maximum Gasteiger partial charge on any atom is 0.121 e. The molecule has 48 heavy (non-hydrogen) atoms. The number of aromatic nitrogens is 3. The molecule has 5 heteroatoms. The Bertz CT molecular complexity index is 2760. The Morgan fingerprint density at radius 1 is 0.604 bits per heavy atom. The molecule has 0 unspecified atom stereocenters. The third-order valence-corrected chi connectivity index (χ3v) is 9.31. The van der Waals surface area contributed by atoms with Gasteiger partial charge in [-0.1, -0.05) is 71.1 Å². The smallest absolute Gasteiger partial charge is 0.121 e.